The molecule has 0 fully saturated rings. The molecule has 0 aliphatic heterocycles. The van der Waals surface area contributed by atoms with Crippen molar-refractivity contribution < 1.29 is 9.59 Å². The summed E-state index contributed by atoms with van der Waals surface area (Å²) in [6.45, 7) is 12.2. The number of fused-ring (bicyclic) bond motifs is 1. The third-order valence-electron chi connectivity index (χ3n) is 5.16. The quantitative estimate of drug-likeness (QED) is 0.647. The van der Waals surface area contributed by atoms with Gasteiger partial charge >= 0.3 is 0 Å². The Labute approximate surface area is 183 Å². The number of carbonyl (C=O) groups excluding carboxylic acids is 2. The maximum Gasteiger partial charge on any atom is 0.256 e. The topological polar surface area (TPSA) is 88.9 Å². The lowest BCUT2D eigenvalue weighted by Crippen LogP contribution is -2.24. The molecule has 2 amide bonds. The minimum atomic E-state index is -0.260. The second kappa shape index (κ2) is 8.49. The van der Waals surface area contributed by atoms with E-state index in [4.69, 9.17) is 10.1 Å². The molecular formula is C24H31N5O2. The van der Waals surface area contributed by atoms with Gasteiger partial charge in [-0.15, -0.1) is 0 Å². The van der Waals surface area contributed by atoms with Crippen molar-refractivity contribution in [2.45, 2.75) is 59.4 Å². The number of carbonyl (C=O) groups is 2. The second-order valence-corrected chi connectivity index (χ2v) is 9.12. The van der Waals surface area contributed by atoms with Crippen LogP contribution < -0.4 is 10.6 Å². The van der Waals surface area contributed by atoms with E-state index in [1.165, 1.54) is 0 Å². The van der Waals surface area contributed by atoms with Crippen LogP contribution in [0.3, 0.4) is 0 Å². The number of likely N-dealkylation sites (N-methyl/N-ethyl adjacent to an activating group) is 1. The molecule has 0 unspecified atom stereocenters. The van der Waals surface area contributed by atoms with E-state index in [1.807, 2.05) is 41.9 Å². The molecule has 31 heavy (non-hydrogen) atoms. The van der Waals surface area contributed by atoms with Gasteiger partial charge in [0.05, 0.1) is 28.6 Å². The highest BCUT2D eigenvalue weighted by molar-refractivity contribution is 6.12. The highest BCUT2D eigenvalue weighted by Crippen LogP contribution is 2.29. The molecule has 0 radical (unpaired) electrons. The zero-order chi connectivity index (χ0) is 22.9. The zero-order valence-corrected chi connectivity index (χ0v) is 19.3. The molecule has 164 valence electrons. The Balaban J connectivity index is 2.00. The minimum absolute atomic E-state index is 0.0523. The first kappa shape index (κ1) is 22.5. The van der Waals surface area contributed by atoms with Gasteiger partial charge in [-0.05, 0) is 57.4 Å². The Morgan fingerprint density at radius 3 is 2.32 bits per heavy atom. The highest BCUT2D eigenvalue weighted by Gasteiger charge is 2.25. The van der Waals surface area contributed by atoms with Crippen molar-refractivity contribution in [3.8, 4) is 0 Å². The molecule has 2 N–H and O–H groups in total. The van der Waals surface area contributed by atoms with Crippen molar-refractivity contribution in [2.24, 2.45) is 0 Å². The molecule has 7 heteroatoms. The molecule has 0 saturated heterocycles. The van der Waals surface area contributed by atoms with Crippen LogP contribution in [0, 0.1) is 6.92 Å². The number of aromatic nitrogens is 3. The van der Waals surface area contributed by atoms with Gasteiger partial charge in [0.25, 0.3) is 5.91 Å². The summed E-state index contributed by atoms with van der Waals surface area (Å²) >= 11 is 0. The van der Waals surface area contributed by atoms with Gasteiger partial charge in [-0.2, -0.15) is 5.10 Å². The third kappa shape index (κ3) is 4.76. The first-order chi connectivity index (χ1) is 14.5. The lowest BCUT2D eigenvalue weighted by atomic mass is 10.0. The van der Waals surface area contributed by atoms with E-state index in [9.17, 15) is 9.59 Å². The maximum atomic E-state index is 13.3. The van der Waals surface area contributed by atoms with Crippen LogP contribution in [0.15, 0.2) is 30.3 Å². The Morgan fingerprint density at radius 1 is 1.13 bits per heavy atom. The van der Waals surface area contributed by atoms with Gasteiger partial charge in [-0.25, -0.2) is 9.67 Å². The van der Waals surface area contributed by atoms with Crippen LogP contribution in [0.25, 0.3) is 11.0 Å². The summed E-state index contributed by atoms with van der Waals surface area (Å²) < 4.78 is 1.90. The van der Waals surface area contributed by atoms with Crippen LogP contribution in [-0.2, 0) is 16.8 Å². The molecular weight excluding hydrogens is 390 g/mol. The molecule has 3 aromatic rings. The predicted octanol–water partition coefficient (Wildman–Crippen LogP) is 4.16. The minimum Gasteiger partial charge on any atom is -0.359 e. The van der Waals surface area contributed by atoms with Crippen LogP contribution >= 0.6 is 0 Å². The van der Waals surface area contributed by atoms with Crippen LogP contribution in [0.2, 0.25) is 0 Å². The molecule has 0 saturated carbocycles. The molecule has 0 spiro atoms. The van der Waals surface area contributed by atoms with Gasteiger partial charge in [0.2, 0.25) is 5.91 Å². The number of nitrogens with zero attached hydrogens (tertiary/aromatic N) is 3. The number of rotatable bonds is 5. The predicted molar refractivity (Wildman–Crippen MR) is 124 cm³/mol. The number of amides is 2. The molecule has 0 atom stereocenters. The Hall–Kier alpha value is -3.22. The van der Waals surface area contributed by atoms with Gasteiger partial charge in [-0.1, -0.05) is 26.0 Å². The summed E-state index contributed by atoms with van der Waals surface area (Å²) in [5.74, 6) is -0.0861. The zero-order valence-electron chi connectivity index (χ0n) is 19.3. The molecule has 7 nitrogen and oxygen atoms in total. The average Bonchev–Trinajstić information content (AvgIpc) is 3.05. The monoisotopic (exact) mass is 421 g/mol. The van der Waals surface area contributed by atoms with Crippen molar-refractivity contribution in [3.63, 3.8) is 0 Å². The van der Waals surface area contributed by atoms with E-state index >= 15 is 0 Å². The molecule has 1 aromatic carbocycles. The van der Waals surface area contributed by atoms with E-state index in [0.29, 0.717) is 17.7 Å². The van der Waals surface area contributed by atoms with Gasteiger partial charge in [0.15, 0.2) is 5.65 Å². The normalized spacial score (nSPS) is 11.7. The number of pyridine rings is 1. The van der Waals surface area contributed by atoms with Gasteiger partial charge < -0.3 is 10.6 Å². The van der Waals surface area contributed by atoms with Crippen LogP contribution in [0.4, 0.5) is 5.69 Å². The number of benzene rings is 1. The van der Waals surface area contributed by atoms with Crippen molar-refractivity contribution in [1.29, 1.82) is 0 Å². The van der Waals surface area contributed by atoms with E-state index in [0.717, 1.165) is 28.0 Å². The number of hydrogen-bond donors (Lipinski definition) is 2. The largest absolute Gasteiger partial charge is 0.359 e. The number of hydrogen-bond acceptors (Lipinski definition) is 4. The summed E-state index contributed by atoms with van der Waals surface area (Å²) in [5, 5.41) is 11.1. The lowest BCUT2D eigenvalue weighted by molar-refractivity contribution is -0.119. The summed E-state index contributed by atoms with van der Waals surface area (Å²) in [7, 11) is 1.61. The first-order valence-electron chi connectivity index (χ1n) is 10.5. The average molecular weight is 422 g/mol. The molecule has 3 rings (SSSR count). The van der Waals surface area contributed by atoms with Gasteiger partial charge in [0, 0.05) is 18.4 Å². The fourth-order valence-electron chi connectivity index (χ4n) is 3.43. The van der Waals surface area contributed by atoms with Crippen molar-refractivity contribution in [1.82, 2.24) is 20.1 Å². The van der Waals surface area contributed by atoms with E-state index in [2.05, 4.69) is 45.3 Å². The van der Waals surface area contributed by atoms with E-state index < -0.39 is 0 Å². The summed E-state index contributed by atoms with van der Waals surface area (Å²) in [6.07, 6.45) is 0.304. The highest BCUT2D eigenvalue weighted by atomic mass is 16.2. The van der Waals surface area contributed by atoms with E-state index in [-0.39, 0.29) is 23.3 Å². The Kier molecular flexibility index (Phi) is 6.15. The van der Waals surface area contributed by atoms with Crippen molar-refractivity contribution in [3.05, 3.63) is 52.8 Å². The van der Waals surface area contributed by atoms with E-state index in [1.54, 1.807) is 7.05 Å². The molecule has 2 heterocycles. The molecule has 0 bridgehead atoms. The lowest BCUT2D eigenvalue weighted by Gasteiger charge is -2.20. The van der Waals surface area contributed by atoms with Crippen LogP contribution in [-0.4, -0.2) is 33.6 Å². The maximum absolute atomic E-state index is 13.3. The van der Waals surface area contributed by atoms with Crippen molar-refractivity contribution in [2.75, 3.05) is 12.4 Å². The standard InChI is InChI=1S/C24H31N5O2/c1-14(2)19-13-18(21-15(3)28-29(22(21)27-19)24(4,5)6)23(31)26-17-10-8-16(9-11-17)12-20(30)25-7/h8-11,13-14H,12H2,1-7H3,(H,25,30)(H,26,31). The summed E-state index contributed by atoms with van der Waals surface area (Å²) in [6, 6.07) is 9.17. The van der Waals surface area contributed by atoms with Gasteiger partial charge in [-0.3, -0.25) is 9.59 Å². The number of aryl methyl sites for hydroxylation is 1. The molecule has 0 aliphatic carbocycles. The first-order valence-corrected chi connectivity index (χ1v) is 10.5. The van der Waals surface area contributed by atoms with Crippen LogP contribution in [0.1, 0.15) is 67.8 Å². The third-order valence-corrected chi connectivity index (χ3v) is 5.16. The SMILES string of the molecule is CNC(=O)Cc1ccc(NC(=O)c2cc(C(C)C)nc3c2c(C)nn3C(C)(C)C)cc1. The molecule has 2 aromatic heterocycles. The summed E-state index contributed by atoms with van der Waals surface area (Å²) in [4.78, 5) is 29.7. The smallest absolute Gasteiger partial charge is 0.256 e. The fraction of sp³-hybridized carbons (Fsp3) is 0.417. The fourth-order valence-corrected chi connectivity index (χ4v) is 3.43. The van der Waals surface area contributed by atoms with Gasteiger partial charge in [0.1, 0.15) is 0 Å². The Bertz CT molecular complexity index is 1120. The second-order valence-electron chi connectivity index (χ2n) is 9.12. The number of anilines is 1. The Morgan fingerprint density at radius 2 is 1.77 bits per heavy atom. The summed E-state index contributed by atoms with van der Waals surface area (Å²) in [5.41, 5.74) is 4.21. The van der Waals surface area contributed by atoms with Crippen LogP contribution in [0.5, 0.6) is 0 Å². The number of nitrogens with one attached hydrogen (secondary N) is 2. The molecule has 0 aliphatic rings. The van der Waals surface area contributed by atoms with Crippen molar-refractivity contribution >= 4 is 28.5 Å².